The van der Waals surface area contributed by atoms with E-state index < -0.39 is 18.8 Å². The minimum Gasteiger partial charge on any atom is -0.778 e. The molecule has 10 nitrogen and oxygen atoms in total. The zero-order valence-electron chi connectivity index (χ0n) is 23.0. The molecule has 0 aliphatic carbocycles. The Bertz CT molecular complexity index is 905. The molecule has 0 aromatic carbocycles. The highest BCUT2D eigenvalue weighted by Gasteiger charge is 2.33. The lowest BCUT2D eigenvalue weighted by molar-refractivity contribution is -0.200. The molecule has 3 amide bonds. The predicted octanol–water partition coefficient (Wildman–Crippen LogP) is 1.81. The SMILES string of the molecule is C#CCCC(=O)CCC(CCC(=O)NCC#C)(CCC(=O)NCC#C)NC(=O)CCCCOP(=O)([O-])C(C)C. The van der Waals surface area contributed by atoms with E-state index in [0.29, 0.717) is 12.8 Å². The van der Waals surface area contributed by atoms with Crippen molar-refractivity contribution in [3.8, 4) is 37.0 Å². The summed E-state index contributed by atoms with van der Waals surface area (Å²) in [4.78, 5) is 61.7. The number of hydrogen-bond donors (Lipinski definition) is 3. The summed E-state index contributed by atoms with van der Waals surface area (Å²) >= 11 is 0. The number of nitrogens with one attached hydrogen (secondary N) is 3. The summed E-state index contributed by atoms with van der Waals surface area (Å²) in [5.41, 5.74) is -1.68. The molecule has 0 aliphatic heterocycles. The lowest BCUT2D eigenvalue weighted by atomic mass is 9.82. The molecule has 0 aliphatic rings. The summed E-state index contributed by atoms with van der Waals surface area (Å²) in [6.45, 7) is 3.11. The molecule has 0 bridgehead atoms. The summed E-state index contributed by atoms with van der Waals surface area (Å²) in [7, 11) is -3.94. The smallest absolute Gasteiger partial charge is 0.220 e. The predicted molar refractivity (Wildman–Crippen MR) is 148 cm³/mol. The van der Waals surface area contributed by atoms with Gasteiger partial charge in [-0.1, -0.05) is 25.7 Å². The number of Topliss-reactive ketones (excluding diaryl/α,β-unsaturated/α-hetero) is 1. The minimum atomic E-state index is -3.94. The monoisotopic (exact) mass is 562 g/mol. The Morgan fingerprint density at radius 3 is 1.85 bits per heavy atom. The van der Waals surface area contributed by atoms with Crippen LogP contribution in [0.3, 0.4) is 0 Å². The first-order valence-corrected chi connectivity index (χ1v) is 14.6. The number of terminal acetylenes is 3. The molecule has 39 heavy (non-hydrogen) atoms. The van der Waals surface area contributed by atoms with Gasteiger partial charge in [0.25, 0.3) is 0 Å². The van der Waals surface area contributed by atoms with Gasteiger partial charge in [0.05, 0.1) is 19.7 Å². The molecule has 0 spiro atoms. The number of rotatable bonds is 21. The zero-order chi connectivity index (χ0) is 29.7. The largest absolute Gasteiger partial charge is 0.778 e. The Labute approximate surface area is 232 Å². The van der Waals surface area contributed by atoms with E-state index >= 15 is 0 Å². The van der Waals surface area contributed by atoms with Crippen LogP contribution in [0.25, 0.3) is 0 Å². The van der Waals surface area contributed by atoms with Gasteiger partial charge in [-0.2, -0.15) is 0 Å². The second kappa shape index (κ2) is 19.9. The van der Waals surface area contributed by atoms with Gasteiger partial charge < -0.3 is 29.9 Å². The number of hydrogen-bond acceptors (Lipinski definition) is 7. The number of ketones is 1. The molecule has 0 aromatic rings. The van der Waals surface area contributed by atoms with Crippen LogP contribution < -0.4 is 20.8 Å². The third-order valence-corrected chi connectivity index (χ3v) is 7.78. The Kier molecular flexibility index (Phi) is 18.3. The van der Waals surface area contributed by atoms with Gasteiger partial charge in [-0.3, -0.25) is 19.2 Å². The highest BCUT2D eigenvalue weighted by Crippen LogP contribution is 2.42. The Balaban J connectivity index is 5.52. The van der Waals surface area contributed by atoms with Crippen molar-refractivity contribution < 1.29 is 33.2 Å². The van der Waals surface area contributed by atoms with Crippen LogP contribution in [0.1, 0.15) is 84.5 Å². The highest BCUT2D eigenvalue weighted by atomic mass is 31.2. The van der Waals surface area contributed by atoms with E-state index in [9.17, 15) is 28.6 Å². The fourth-order valence-electron chi connectivity index (χ4n) is 3.55. The minimum absolute atomic E-state index is 0.00824. The maximum absolute atomic E-state index is 12.9. The molecule has 0 fully saturated rings. The van der Waals surface area contributed by atoms with Crippen LogP contribution in [0.5, 0.6) is 0 Å². The summed E-state index contributed by atoms with van der Waals surface area (Å²) in [6.07, 6.45) is 17.5. The average Bonchev–Trinajstić information content (AvgIpc) is 2.89. The molecule has 3 N–H and O–H groups in total. The first-order chi connectivity index (χ1) is 18.4. The van der Waals surface area contributed by atoms with Gasteiger partial charge >= 0.3 is 0 Å². The zero-order valence-corrected chi connectivity index (χ0v) is 23.9. The Morgan fingerprint density at radius 1 is 0.821 bits per heavy atom. The van der Waals surface area contributed by atoms with Gasteiger partial charge in [0.1, 0.15) is 13.4 Å². The van der Waals surface area contributed by atoms with Crippen LogP contribution in [0.2, 0.25) is 0 Å². The van der Waals surface area contributed by atoms with E-state index in [4.69, 9.17) is 23.8 Å². The fraction of sp³-hybridized carbons (Fsp3) is 0.643. The second-order valence-electron chi connectivity index (χ2n) is 9.46. The van der Waals surface area contributed by atoms with Gasteiger partial charge in [0.2, 0.25) is 17.7 Å². The maximum Gasteiger partial charge on any atom is 0.220 e. The van der Waals surface area contributed by atoms with Crippen LogP contribution in [-0.2, 0) is 28.3 Å². The Hall–Kier alpha value is -3.09. The molecule has 0 saturated carbocycles. The van der Waals surface area contributed by atoms with Gasteiger partial charge in [-0.25, -0.2) is 0 Å². The topological polar surface area (TPSA) is 154 Å². The van der Waals surface area contributed by atoms with Crippen molar-refractivity contribution in [2.75, 3.05) is 19.7 Å². The van der Waals surface area contributed by atoms with Gasteiger partial charge in [-0.15, -0.1) is 25.2 Å². The first kappa shape index (κ1) is 35.9. The molecule has 216 valence electrons. The van der Waals surface area contributed by atoms with Crippen molar-refractivity contribution in [2.45, 2.75) is 95.7 Å². The number of unbranched alkanes of at least 4 members (excludes halogenated alkanes) is 1. The molecule has 0 heterocycles. The maximum atomic E-state index is 12.9. The van der Waals surface area contributed by atoms with Crippen LogP contribution in [0.15, 0.2) is 0 Å². The van der Waals surface area contributed by atoms with Crippen molar-refractivity contribution in [1.29, 1.82) is 0 Å². The van der Waals surface area contributed by atoms with Gasteiger partial charge in [0, 0.05) is 49.7 Å². The fourth-order valence-corrected chi connectivity index (χ4v) is 4.23. The van der Waals surface area contributed by atoms with E-state index in [1.165, 1.54) is 13.8 Å². The average molecular weight is 563 g/mol. The van der Waals surface area contributed by atoms with Crippen LogP contribution in [0.4, 0.5) is 0 Å². The first-order valence-electron chi connectivity index (χ1n) is 13.0. The third-order valence-electron chi connectivity index (χ3n) is 5.97. The number of carbonyl (C=O) groups is 4. The quantitative estimate of drug-likeness (QED) is 0.110. The van der Waals surface area contributed by atoms with E-state index in [0.717, 1.165) is 0 Å². The van der Waals surface area contributed by atoms with Crippen LogP contribution >= 0.6 is 7.60 Å². The van der Waals surface area contributed by atoms with Crippen molar-refractivity contribution in [2.24, 2.45) is 0 Å². The molecular formula is C28H41N3O7P-. The standard InChI is InChI=1S/C28H42N3O7P/c1-6-9-12-24(32)14-17-28(18-15-25(33)29-20-7-2,19-16-26(34)30-21-8-3)31-27(35)13-10-11-22-38-39(36,37)23(4)5/h1-3,23H,9-22H2,4-5H3,(H,29,33)(H,30,34)(H,31,35)(H,36,37)/p-1. The second-order valence-corrected chi connectivity index (χ2v) is 11.8. The van der Waals surface area contributed by atoms with Crippen molar-refractivity contribution in [3.63, 3.8) is 0 Å². The lowest BCUT2D eigenvalue weighted by Crippen LogP contribution is -2.50. The van der Waals surface area contributed by atoms with Crippen molar-refractivity contribution in [1.82, 2.24) is 16.0 Å². The van der Waals surface area contributed by atoms with Crippen molar-refractivity contribution in [3.05, 3.63) is 0 Å². The molecular weight excluding hydrogens is 521 g/mol. The molecule has 0 rings (SSSR count). The Morgan fingerprint density at radius 2 is 1.36 bits per heavy atom. The van der Waals surface area contributed by atoms with Crippen LogP contribution in [0, 0.1) is 37.0 Å². The molecule has 1 atom stereocenters. The molecule has 0 radical (unpaired) electrons. The normalized spacial score (nSPS) is 12.3. The van der Waals surface area contributed by atoms with Crippen LogP contribution in [-0.4, -0.2) is 54.4 Å². The summed E-state index contributed by atoms with van der Waals surface area (Å²) < 4.78 is 16.8. The third kappa shape index (κ3) is 17.2. The van der Waals surface area contributed by atoms with Crippen molar-refractivity contribution >= 4 is 31.1 Å². The summed E-state index contributed by atoms with van der Waals surface area (Å²) in [6, 6.07) is 0. The molecule has 0 saturated heterocycles. The van der Waals surface area contributed by atoms with E-state index in [2.05, 4.69) is 33.7 Å². The highest BCUT2D eigenvalue weighted by molar-refractivity contribution is 7.52. The van der Waals surface area contributed by atoms with E-state index in [1.54, 1.807) is 0 Å². The lowest BCUT2D eigenvalue weighted by Gasteiger charge is -2.35. The molecule has 11 heteroatoms. The molecule has 0 aromatic heterocycles. The summed E-state index contributed by atoms with van der Waals surface area (Å²) in [5, 5.41) is 8.10. The number of amides is 3. The number of carbonyl (C=O) groups excluding carboxylic acids is 4. The summed E-state index contributed by atoms with van der Waals surface area (Å²) in [5.74, 6) is 5.95. The van der Waals surface area contributed by atoms with E-state index in [1.807, 2.05) is 0 Å². The van der Waals surface area contributed by atoms with Gasteiger partial charge in [0.15, 0.2) is 0 Å². The van der Waals surface area contributed by atoms with Gasteiger partial charge in [-0.05, 0) is 32.1 Å². The molecule has 1 unspecified atom stereocenters. The van der Waals surface area contributed by atoms with E-state index in [-0.39, 0.29) is 101 Å².